The highest BCUT2D eigenvalue weighted by Crippen LogP contribution is 2.19. The molecule has 0 saturated carbocycles. The first kappa shape index (κ1) is 17.4. The highest BCUT2D eigenvalue weighted by atomic mass is 16.4. The Kier molecular flexibility index (Phi) is 8.14. The van der Waals surface area contributed by atoms with Gasteiger partial charge in [-0.15, -0.1) is 0 Å². The van der Waals surface area contributed by atoms with Gasteiger partial charge >= 0.3 is 13.1 Å². The van der Waals surface area contributed by atoms with E-state index in [9.17, 15) is 9.90 Å². The molecule has 20 heavy (non-hydrogen) atoms. The smallest absolute Gasteiger partial charge is 0.451 e. The molecule has 0 amide bonds. The van der Waals surface area contributed by atoms with Gasteiger partial charge in [0.2, 0.25) is 0 Å². The number of carbonyl (C=O) groups is 1. The first-order chi connectivity index (χ1) is 9.52. The molecule has 1 unspecified atom stereocenters. The van der Waals surface area contributed by atoms with Crippen molar-refractivity contribution in [1.29, 1.82) is 0 Å². The van der Waals surface area contributed by atoms with Crippen molar-refractivity contribution in [3.8, 4) is 0 Å². The van der Waals surface area contributed by atoms with Crippen molar-refractivity contribution in [3.63, 3.8) is 0 Å². The lowest BCUT2D eigenvalue weighted by molar-refractivity contribution is -0.142. The van der Waals surface area contributed by atoms with Crippen LogP contribution >= 0.6 is 0 Å². The molecule has 1 aliphatic rings. The number of aliphatic hydroxyl groups excluding tert-OH is 1. The molecular weight excluding hydrogens is 261 g/mol. The van der Waals surface area contributed by atoms with E-state index in [-0.39, 0.29) is 12.5 Å². The molecule has 6 nitrogen and oxygen atoms in total. The molecule has 7 heteroatoms. The number of rotatable bonds is 10. The summed E-state index contributed by atoms with van der Waals surface area (Å²) in [6, 6.07) is 0. The number of unbranched alkanes of at least 4 members (excludes halogenated alkanes) is 1. The van der Waals surface area contributed by atoms with E-state index in [1.54, 1.807) is 0 Å². The summed E-state index contributed by atoms with van der Waals surface area (Å²) in [5.41, 5.74) is 0. The van der Waals surface area contributed by atoms with E-state index in [0.717, 1.165) is 26.1 Å². The van der Waals surface area contributed by atoms with E-state index in [4.69, 9.17) is 15.2 Å². The molecule has 1 heterocycles. The van der Waals surface area contributed by atoms with Crippen LogP contribution in [0.3, 0.4) is 0 Å². The Hall–Kier alpha value is -0.625. The molecule has 0 aromatic heterocycles. The van der Waals surface area contributed by atoms with E-state index in [1.165, 1.54) is 0 Å². The van der Waals surface area contributed by atoms with Gasteiger partial charge in [-0.1, -0.05) is 12.8 Å². The van der Waals surface area contributed by atoms with Gasteiger partial charge in [0.05, 0.1) is 5.92 Å². The van der Waals surface area contributed by atoms with E-state index in [2.05, 4.69) is 4.90 Å². The average molecular weight is 287 g/mol. The fraction of sp³-hybridized carbons (Fsp3) is 0.923. The summed E-state index contributed by atoms with van der Waals surface area (Å²) in [6.07, 6.45) is 3.83. The van der Waals surface area contributed by atoms with Gasteiger partial charge in [-0.2, -0.15) is 0 Å². The van der Waals surface area contributed by atoms with Gasteiger partial charge in [0.25, 0.3) is 0 Å². The van der Waals surface area contributed by atoms with Crippen molar-refractivity contribution >= 4 is 13.1 Å². The maximum absolute atomic E-state index is 11.2. The lowest BCUT2D eigenvalue weighted by atomic mass is 9.82. The van der Waals surface area contributed by atoms with Crippen LogP contribution in [0.25, 0.3) is 0 Å². The minimum absolute atomic E-state index is 0.211. The zero-order valence-corrected chi connectivity index (χ0v) is 11.9. The molecule has 4 N–H and O–H groups in total. The largest absolute Gasteiger partial charge is 0.481 e. The number of aliphatic hydroxyl groups is 1. The van der Waals surface area contributed by atoms with Crippen molar-refractivity contribution < 1.29 is 25.1 Å². The maximum Gasteiger partial charge on any atom is 0.451 e. The van der Waals surface area contributed by atoms with Crippen molar-refractivity contribution in [1.82, 2.24) is 4.90 Å². The van der Waals surface area contributed by atoms with Gasteiger partial charge in [-0.3, -0.25) is 4.79 Å². The molecule has 0 radical (unpaired) electrons. The van der Waals surface area contributed by atoms with Crippen LogP contribution in [-0.2, 0) is 4.79 Å². The summed E-state index contributed by atoms with van der Waals surface area (Å²) in [6.45, 7) is 2.77. The predicted octanol–water partition coefficient (Wildman–Crippen LogP) is 0.0346. The Labute approximate surface area is 120 Å². The number of carboxylic acid groups (broad SMARTS) is 1. The molecule has 0 aromatic rings. The summed E-state index contributed by atoms with van der Waals surface area (Å²) in [4.78, 5) is 13.4. The Morgan fingerprint density at radius 1 is 1.30 bits per heavy atom. The zero-order valence-electron chi connectivity index (χ0n) is 11.9. The summed E-state index contributed by atoms with van der Waals surface area (Å²) in [7, 11) is -1.29. The van der Waals surface area contributed by atoms with Crippen molar-refractivity contribution in [2.24, 2.45) is 11.8 Å². The SMILES string of the molecule is O=C(O)[C@@H](CCCCB(O)O)CCN1CCC(CO)C1. The van der Waals surface area contributed by atoms with Crippen LogP contribution in [0.2, 0.25) is 6.32 Å². The van der Waals surface area contributed by atoms with Crippen LogP contribution in [0, 0.1) is 11.8 Å². The summed E-state index contributed by atoms with van der Waals surface area (Å²) >= 11 is 0. The normalized spacial score (nSPS) is 21.1. The van der Waals surface area contributed by atoms with E-state index in [0.29, 0.717) is 37.9 Å². The second kappa shape index (κ2) is 9.34. The van der Waals surface area contributed by atoms with Crippen molar-refractivity contribution in [2.75, 3.05) is 26.2 Å². The zero-order chi connectivity index (χ0) is 15.0. The number of likely N-dealkylation sites (tertiary alicyclic amines) is 1. The monoisotopic (exact) mass is 287 g/mol. The quantitative estimate of drug-likeness (QED) is 0.334. The van der Waals surface area contributed by atoms with Gasteiger partial charge < -0.3 is 25.2 Å². The van der Waals surface area contributed by atoms with Crippen LogP contribution in [-0.4, -0.2) is 64.5 Å². The fourth-order valence-electron chi connectivity index (χ4n) is 2.71. The maximum atomic E-state index is 11.2. The minimum Gasteiger partial charge on any atom is -0.481 e. The predicted molar refractivity (Wildman–Crippen MR) is 76.2 cm³/mol. The molecular formula is C13H26BNO5. The molecule has 0 aromatic carbocycles. The summed E-state index contributed by atoms with van der Waals surface area (Å²) < 4.78 is 0. The summed E-state index contributed by atoms with van der Waals surface area (Å²) in [5, 5.41) is 35.7. The lowest BCUT2D eigenvalue weighted by Gasteiger charge is -2.18. The van der Waals surface area contributed by atoms with Crippen molar-refractivity contribution in [3.05, 3.63) is 0 Å². The molecule has 1 aliphatic heterocycles. The first-order valence-electron chi connectivity index (χ1n) is 7.45. The molecule has 0 spiro atoms. The highest BCUT2D eigenvalue weighted by Gasteiger charge is 2.24. The van der Waals surface area contributed by atoms with E-state index >= 15 is 0 Å². The molecule has 2 atom stereocenters. The van der Waals surface area contributed by atoms with Gasteiger partial charge in [0, 0.05) is 13.2 Å². The number of aliphatic carboxylic acids is 1. The third kappa shape index (κ3) is 6.70. The summed E-state index contributed by atoms with van der Waals surface area (Å²) in [5.74, 6) is -0.796. The number of nitrogens with zero attached hydrogens (tertiary/aromatic N) is 1. The molecule has 0 aliphatic carbocycles. The number of hydrogen-bond acceptors (Lipinski definition) is 5. The Morgan fingerprint density at radius 2 is 2.05 bits per heavy atom. The number of hydrogen-bond donors (Lipinski definition) is 4. The minimum atomic E-state index is -1.29. The van der Waals surface area contributed by atoms with Crippen LogP contribution in [0.1, 0.15) is 32.1 Å². The topological polar surface area (TPSA) is 101 Å². The van der Waals surface area contributed by atoms with Gasteiger partial charge in [-0.05, 0) is 44.6 Å². The second-order valence-corrected chi connectivity index (χ2v) is 5.73. The van der Waals surface area contributed by atoms with Gasteiger partial charge in [0.1, 0.15) is 0 Å². The molecule has 1 rings (SSSR count). The molecule has 0 bridgehead atoms. The van der Waals surface area contributed by atoms with Gasteiger partial charge in [-0.25, -0.2) is 0 Å². The van der Waals surface area contributed by atoms with Crippen LogP contribution in [0.5, 0.6) is 0 Å². The van der Waals surface area contributed by atoms with E-state index < -0.39 is 13.1 Å². The van der Waals surface area contributed by atoms with Crippen LogP contribution in [0.15, 0.2) is 0 Å². The standard InChI is InChI=1S/C13H26BNO5/c16-10-11-4-7-15(9-11)8-5-12(13(17)18)3-1-2-6-14(19)20/h11-12,16,19-20H,1-10H2,(H,17,18)/t11?,12-/m0/s1. The van der Waals surface area contributed by atoms with Crippen molar-refractivity contribution in [2.45, 2.75) is 38.4 Å². The molecule has 1 fully saturated rings. The fourth-order valence-corrected chi connectivity index (χ4v) is 2.71. The molecule has 1 saturated heterocycles. The van der Waals surface area contributed by atoms with Crippen LogP contribution < -0.4 is 0 Å². The second-order valence-electron chi connectivity index (χ2n) is 5.73. The third-order valence-corrected chi connectivity index (χ3v) is 4.04. The molecule has 116 valence electrons. The number of carboxylic acids is 1. The Balaban J connectivity index is 2.20. The average Bonchev–Trinajstić information content (AvgIpc) is 2.85. The van der Waals surface area contributed by atoms with Crippen LogP contribution in [0.4, 0.5) is 0 Å². The first-order valence-corrected chi connectivity index (χ1v) is 7.45. The Bertz CT molecular complexity index is 290. The highest BCUT2D eigenvalue weighted by molar-refractivity contribution is 6.40. The van der Waals surface area contributed by atoms with E-state index in [1.807, 2.05) is 0 Å². The van der Waals surface area contributed by atoms with Gasteiger partial charge in [0.15, 0.2) is 0 Å². The Morgan fingerprint density at radius 3 is 2.60 bits per heavy atom. The lowest BCUT2D eigenvalue weighted by Crippen LogP contribution is -2.26. The third-order valence-electron chi connectivity index (χ3n) is 4.04.